The number of aromatic nitrogens is 4. The number of nitrogens with zero attached hydrogens (tertiary/aromatic N) is 4. The number of carboxylic acids is 1. The van der Waals surface area contributed by atoms with Crippen LogP contribution < -0.4 is 5.11 Å². The Bertz CT molecular complexity index is 1090. The second-order valence-corrected chi connectivity index (χ2v) is 7.49. The van der Waals surface area contributed by atoms with E-state index in [9.17, 15) is 9.90 Å². The first-order chi connectivity index (χ1) is 13.1. The summed E-state index contributed by atoms with van der Waals surface area (Å²) in [6, 6.07) is 11.6. The van der Waals surface area contributed by atoms with Gasteiger partial charge in [0.1, 0.15) is 5.01 Å². The van der Waals surface area contributed by atoms with Crippen LogP contribution in [-0.4, -0.2) is 25.7 Å². The van der Waals surface area contributed by atoms with Crippen molar-refractivity contribution in [1.29, 1.82) is 0 Å². The van der Waals surface area contributed by atoms with Gasteiger partial charge < -0.3 is 14.3 Å². The molecule has 0 aliphatic rings. The van der Waals surface area contributed by atoms with Crippen molar-refractivity contribution in [3.05, 3.63) is 64.3 Å². The van der Waals surface area contributed by atoms with E-state index in [1.165, 1.54) is 28.5 Å². The van der Waals surface area contributed by atoms with Crippen molar-refractivity contribution >= 4 is 29.1 Å². The maximum absolute atomic E-state index is 10.9. The van der Waals surface area contributed by atoms with Gasteiger partial charge in [0.05, 0.1) is 29.4 Å². The first kappa shape index (κ1) is 17.5. The second-order valence-electron chi connectivity index (χ2n) is 5.61. The Labute approximate surface area is 162 Å². The number of hydrogen-bond acceptors (Lipinski definition) is 8. The van der Waals surface area contributed by atoms with E-state index in [4.69, 9.17) is 4.42 Å². The fourth-order valence-electron chi connectivity index (χ4n) is 2.56. The molecule has 0 N–H and O–H groups in total. The third-order valence-electron chi connectivity index (χ3n) is 3.82. The molecule has 0 amide bonds. The number of para-hydroxylation sites is 1. The van der Waals surface area contributed by atoms with Gasteiger partial charge in [-0.3, -0.25) is 4.57 Å². The lowest BCUT2D eigenvalue weighted by Gasteiger charge is -2.11. The molecule has 136 valence electrons. The zero-order valence-electron chi connectivity index (χ0n) is 14.2. The number of furan rings is 1. The summed E-state index contributed by atoms with van der Waals surface area (Å²) in [6.45, 7) is 2.02. The summed E-state index contributed by atoms with van der Waals surface area (Å²) >= 11 is 2.71. The van der Waals surface area contributed by atoms with Crippen molar-refractivity contribution in [2.45, 2.75) is 17.8 Å². The van der Waals surface area contributed by atoms with E-state index in [-0.39, 0.29) is 5.69 Å². The lowest BCUT2D eigenvalue weighted by molar-refractivity contribution is -0.255. The van der Waals surface area contributed by atoms with E-state index in [0.29, 0.717) is 27.5 Å². The van der Waals surface area contributed by atoms with Gasteiger partial charge in [0.15, 0.2) is 10.9 Å². The van der Waals surface area contributed by atoms with Crippen molar-refractivity contribution in [3.8, 4) is 17.3 Å². The van der Waals surface area contributed by atoms with Crippen LogP contribution in [0.1, 0.15) is 21.1 Å². The van der Waals surface area contributed by atoms with E-state index in [0.717, 1.165) is 11.3 Å². The molecule has 0 fully saturated rings. The predicted molar refractivity (Wildman–Crippen MR) is 99.8 cm³/mol. The number of benzene rings is 1. The van der Waals surface area contributed by atoms with E-state index in [1.807, 2.05) is 41.8 Å². The highest BCUT2D eigenvalue weighted by Crippen LogP contribution is 2.31. The first-order valence-corrected chi connectivity index (χ1v) is 9.84. The number of thioether (sulfide) groups is 1. The molecule has 27 heavy (non-hydrogen) atoms. The van der Waals surface area contributed by atoms with Crippen molar-refractivity contribution < 1.29 is 14.3 Å². The van der Waals surface area contributed by atoms with E-state index >= 15 is 0 Å². The van der Waals surface area contributed by atoms with Crippen LogP contribution in [0, 0.1) is 6.92 Å². The molecule has 0 bridgehead atoms. The highest BCUT2D eigenvalue weighted by atomic mass is 32.2. The van der Waals surface area contributed by atoms with Gasteiger partial charge in [-0.1, -0.05) is 30.0 Å². The summed E-state index contributed by atoms with van der Waals surface area (Å²) in [6.07, 6.45) is 1.59. The molecule has 3 heterocycles. The molecule has 0 saturated carbocycles. The molecule has 4 rings (SSSR count). The van der Waals surface area contributed by atoms with Gasteiger partial charge in [-0.05, 0) is 30.7 Å². The minimum atomic E-state index is -1.27. The maximum atomic E-state index is 10.9. The number of rotatable bonds is 6. The molecule has 3 aromatic heterocycles. The Hall–Kier alpha value is -2.91. The van der Waals surface area contributed by atoms with Gasteiger partial charge in [0.25, 0.3) is 0 Å². The lowest BCUT2D eigenvalue weighted by Crippen LogP contribution is -2.22. The van der Waals surface area contributed by atoms with Crippen molar-refractivity contribution in [1.82, 2.24) is 19.7 Å². The number of carboxylic acid groups (broad SMARTS) is 1. The summed E-state index contributed by atoms with van der Waals surface area (Å²) in [5.41, 5.74) is 1.97. The predicted octanol–water partition coefficient (Wildman–Crippen LogP) is 2.95. The quantitative estimate of drug-likeness (QED) is 0.461. The van der Waals surface area contributed by atoms with Gasteiger partial charge in [0.2, 0.25) is 5.82 Å². The summed E-state index contributed by atoms with van der Waals surface area (Å²) in [7, 11) is 0. The normalized spacial score (nSPS) is 11.0. The van der Waals surface area contributed by atoms with E-state index in [1.54, 1.807) is 12.3 Å². The van der Waals surface area contributed by atoms with Crippen LogP contribution in [0.4, 0.5) is 0 Å². The van der Waals surface area contributed by atoms with Crippen molar-refractivity contribution in [2.24, 2.45) is 0 Å². The topological polar surface area (TPSA) is 96.9 Å². The Morgan fingerprint density at radius 2 is 2.11 bits per heavy atom. The first-order valence-electron chi connectivity index (χ1n) is 7.97. The van der Waals surface area contributed by atoms with Crippen molar-refractivity contribution in [2.75, 3.05) is 0 Å². The Balaban J connectivity index is 1.70. The average molecular weight is 397 g/mol. The second kappa shape index (κ2) is 7.37. The van der Waals surface area contributed by atoms with Crippen LogP contribution in [0.25, 0.3) is 17.3 Å². The van der Waals surface area contributed by atoms with Crippen molar-refractivity contribution in [3.63, 3.8) is 0 Å². The van der Waals surface area contributed by atoms with Crippen LogP contribution in [0.15, 0.2) is 57.6 Å². The third-order valence-corrected chi connectivity index (χ3v) is 5.79. The van der Waals surface area contributed by atoms with E-state index < -0.39 is 5.97 Å². The number of aromatic carboxylic acids is 1. The highest BCUT2D eigenvalue weighted by Gasteiger charge is 2.19. The molecular formula is C18H13N4O3S2-. The van der Waals surface area contributed by atoms with Gasteiger partial charge in [0, 0.05) is 5.38 Å². The molecule has 9 heteroatoms. The van der Waals surface area contributed by atoms with Crippen LogP contribution >= 0.6 is 23.1 Å². The fourth-order valence-corrected chi connectivity index (χ4v) is 4.28. The summed E-state index contributed by atoms with van der Waals surface area (Å²) in [5, 5.41) is 22.3. The molecule has 0 spiro atoms. The molecule has 0 unspecified atom stereocenters. The maximum Gasteiger partial charge on any atom is 0.205 e. The van der Waals surface area contributed by atoms with Gasteiger partial charge >= 0.3 is 0 Å². The molecular weight excluding hydrogens is 384 g/mol. The Morgan fingerprint density at radius 3 is 2.81 bits per heavy atom. The van der Waals surface area contributed by atoms with Gasteiger partial charge in [-0.15, -0.1) is 21.5 Å². The monoisotopic (exact) mass is 397 g/mol. The van der Waals surface area contributed by atoms with Gasteiger partial charge in [-0.2, -0.15) is 0 Å². The largest absolute Gasteiger partial charge is 0.543 e. The summed E-state index contributed by atoms with van der Waals surface area (Å²) < 4.78 is 7.45. The van der Waals surface area contributed by atoms with Crippen LogP contribution in [0.5, 0.6) is 0 Å². The molecule has 7 nitrogen and oxygen atoms in total. The minimum absolute atomic E-state index is 0.0488. The standard InChI is InChI=1S/C18H14N4O3S2/c1-11-5-2-3-6-13(11)22-16(14-7-4-8-25-14)20-21-18(22)27-10-15-19-12(9-26-15)17(23)24/h2-9H,10H2,1H3,(H,23,24)/p-1. The minimum Gasteiger partial charge on any atom is -0.543 e. The molecule has 0 radical (unpaired) electrons. The molecule has 0 aliphatic carbocycles. The lowest BCUT2D eigenvalue weighted by atomic mass is 10.2. The third kappa shape index (κ3) is 3.51. The van der Waals surface area contributed by atoms with Crippen LogP contribution in [0.3, 0.4) is 0 Å². The van der Waals surface area contributed by atoms with Crippen LogP contribution in [-0.2, 0) is 5.75 Å². The number of carbonyl (C=O) groups excluding carboxylic acids is 1. The summed E-state index contributed by atoms with van der Waals surface area (Å²) in [5.74, 6) is 0.420. The Morgan fingerprint density at radius 1 is 1.26 bits per heavy atom. The van der Waals surface area contributed by atoms with Gasteiger partial charge in [-0.25, -0.2) is 4.98 Å². The number of carbonyl (C=O) groups is 1. The molecule has 0 atom stereocenters. The molecule has 1 aromatic carbocycles. The number of hydrogen-bond donors (Lipinski definition) is 0. The van der Waals surface area contributed by atoms with E-state index in [2.05, 4.69) is 15.2 Å². The average Bonchev–Trinajstić information content (AvgIpc) is 3.40. The highest BCUT2D eigenvalue weighted by molar-refractivity contribution is 7.98. The zero-order chi connectivity index (χ0) is 18.8. The number of aryl methyl sites for hydroxylation is 1. The zero-order valence-corrected chi connectivity index (χ0v) is 15.8. The molecule has 0 aliphatic heterocycles. The molecule has 4 aromatic rings. The summed E-state index contributed by atoms with van der Waals surface area (Å²) in [4.78, 5) is 15.0. The Kier molecular flexibility index (Phi) is 4.78. The number of thiazole rings is 1. The SMILES string of the molecule is Cc1ccccc1-n1c(SCc2nc(C(=O)[O-])cs2)nnc1-c1ccco1. The van der Waals surface area contributed by atoms with Crippen LogP contribution in [0.2, 0.25) is 0 Å². The smallest absolute Gasteiger partial charge is 0.205 e. The molecule has 0 saturated heterocycles. The fraction of sp³-hybridized carbons (Fsp3) is 0.111.